The number of sulfonamides is 1. The van der Waals surface area contributed by atoms with Crippen LogP contribution in [0.15, 0.2) is 64.9 Å². The van der Waals surface area contributed by atoms with Gasteiger partial charge in [-0.15, -0.1) is 11.3 Å². The fourth-order valence-corrected chi connectivity index (χ4v) is 5.58. The topological polar surface area (TPSA) is 72.2 Å². The lowest BCUT2D eigenvalue weighted by atomic mass is 9.77. The Hall–Kier alpha value is -2.15. The Bertz CT molecular complexity index is 1150. The maximum Gasteiger partial charge on any atom is 0.238 e. The van der Waals surface area contributed by atoms with Gasteiger partial charge in [0, 0.05) is 16.3 Å². The van der Waals surface area contributed by atoms with E-state index in [1.807, 2.05) is 6.07 Å². The quantitative estimate of drug-likeness (QED) is 0.646. The third kappa shape index (κ3) is 2.48. The highest BCUT2D eigenvalue weighted by Crippen LogP contribution is 2.50. The molecule has 2 heterocycles. The van der Waals surface area contributed by atoms with Crippen molar-refractivity contribution in [3.05, 3.63) is 71.1 Å². The number of thiophene rings is 1. The Morgan fingerprint density at radius 1 is 1.12 bits per heavy atom. The van der Waals surface area contributed by atoms with Crippen molar-refractivity contribution in [3.63, 3.8) is 0 Å². The molecule has 3 atom stereocenters. The summed E-state index contributed by atoms with van der Waals surface area (Å²) in [6.45, 7) is 0. The van der Waals surface area contributed by atoms with Crippen molar-refractivity contribution in [2.24, 2.45) is 11.1 Å². The summed E-state index contributed by atoms with van der Waals surface area (Å²) >= 11 is 1.75. The van der Waals surface area contributed by atoms with Crippen LogP contribution in [0.1, 0.15) is 29.5 Å². The zero-order valence-corrected chi connectivity index (χ0v) is 15.6. The zero-order valence-electron chi connectivity index (χ0n) is 13.9. The highest BCUT2D eigenvalue weighted by atomic mass is 32.2. The molecule has 2 aromatic carbocycles. The average molecular weight is 383 g/mol. The van der Waals surface area contributed by atoms with Crippen molar-refractivity contribution in [3.8, 4) is 0 Å². The van der Waals surface area contributed by atoms with Crippen LogP contribution in [0.5, 0.6) is 0 Å². The first-order valence-corrected chi connectivity index (χ1v) is 11.0. The highest BCUT2D eigenvalue weighted by molar-refractivity contribution is 7.89. The predicted molar refractivity (Wildman–Crippen MR) is 106 cm³/mol. The normalized spacial score (nSPS) is 24.3. The van der Waals surface area contributed by atoms with E-state index in [1.165, 1.54) is 15.6 Å². The second-order valence-corrected chi connectivity index (χ2v) is 9.50. The van der Waals surface area contributed by atoms with Crippen LogP contribution in [0.3, 0.4) is 0 Å². The molecular formula is C20H18N2O2S2. The number of rotatable bonds is 2. The molecule has 1 aromatic heterocycles. The summed E-state index contributed by atoms with van der Waals surface area (Å²) in [5.41, 5.74) is 3.28. The minimum atomic E-state index is -3.70. The SMILES string of the molecule is NS(=O)(=O)c1ccc2c(c1)C1C=CCC1C(c1ccc3sccc3c1)N2. The van der Waals surface area contributed by atoms with Crippen LogP contribution in [0.2, 0.25) is 0 Å². The zero-order chi connectivity index (χ0) is 17.9. The van der Waals surface area contributed by atoms with Crippen LogP contribution in [-0.2, 0) is 10.0 Å². The van der Waals surface area contributed by atoms with Crippen LogP contribution in [0.25, 0.3) is 10.1 Å². The van der Waals surface area contributed by atoms with E-state index in [9.17, 15) is 8.42 Å². The minimum Gasteiger partial charge on any atom is -0.378 e. The molecule has 0 saturated heterocycles. The van der Waals surface area contributed by atoms with Gasteiger partial charge in [-0.3, -0.25) is 0 Å². The van der Waals surface area contributed by atoms with Gasteiger partial charge in [-0.1, -0.05) is 18.2 Å². The molecule has 0 bridgehead atoms. The molecule has 0 amide bonds. The first kappa shape index (κ1) is 16.1. The number of nitrogens with two attached hydrogens (primary N) is 1. The molecule has 3 N–H and O–H groups in total. The van der Waals surface area contributed by atoms with E-state index < -0.39 is 10.0 Å². The molecule has 0 spiro atoms. The maximum atomic E-state index is 11.7. The van der Waals surface area contributed by atoms with E-state index in [0.29, 0.717) is 5.92 Å². The van der Waals surface area contributed by atoms with E-state index in [0.717, 1.165) is 17.7 Å². The van der Waals surface area contributed by atoms with Gasteiger partial charge in [0.15, 0.2) is 0 Å². The summed E-state index contributed by atoms with van der Waals surface area (Å²) in [4.78, 5) is 0.176. The predicted octanol–water partition coefficient (Wildman–Crippen LogP) is 4.38. The average Bonchev–Trinajstić information content (AvgIpc) is 3.28. The highest BCUT2D eigenvalue weighted by Gasteiger charge is 2.38. The number of hydrogen-bond donors (Lipinski definition) is 2. The van der Waals surface area contributed by atoms with E-state index >= 15 is 0 Å². The van der Waals surface area contributed by atoms with Crippen LogP contribution < -0.4 is 10.5 Å². The van der Waals surface area contributed by atoms with Crippen molar-refractivity contribution in [2.75, 3.05) is 5.32 Å². The fourth-order valence-electron chi connectivity index (χ4n) is 4.26. The van der Waals surface area contributed by atoms with Crippen LogP contribution in [0, 0.1) is 5.92 Å². The Balaban J connectivity index is 1.61. The Morgan fingerprint density at radius 3 is 2.85 bits per heavy atom. The second-order valence-electron chi connectivity index (χ2n) is 6.99. The molecule has 6 heteroatoms. The van der Waals surface area contributed by atoms with Crippen molar-refractivity contribution < 1.29 is 8.42 Å². The third-order valence-electron chi connectivity index (χ3n) is 5.50. The lowest BCUT2D eigenvalue weighted by molar-refractivity contribution is 0.425. The number of primary sulfonamides is 1. The van der Waals surface area contributed by atoms with Crippen molar-refractivity contribution >= 4 is 37.1 Å². The molecule has 0 fully saturated rings. The molecule has 4 nitrogen and oxygen atoms in total. The van der Waals surface area contributed by atoms with E-state index in [1.54, 1.807) is 23.5 Å². The standard InChI is InChI=1S/C20H18N2O2S2/c21-26(23,24)14-5-6-18-17(11-14)15-2-1-3-16(15)20(22-18)13-4-7-19-12(10-13)8-9-25-19/h1-2,4-11,15-16,20,22H,3H2,(H2,21,23,24). The molecule has 0 radical (unpaired) electrons. The summed E-state index contributed by atoms with van der Waals surface area (Å²) < 4.78 is 24.8. The molecule has 5 rings (SSSR count). The molecule has 0 saturated carbocycles. The Morgan fingerprint density at radius 2 is 2.00 bits per heavy atom. The van der Waals surface area contributed by atoms with Gasteiger partial charge in [-0.2, -0.15) is 0 Å². The van der Waals surface area contributed by atoms with Gasteiger partial charge in [0.1, 0.15) is 0 Å². The van der Waals surface area contributed by atoms with Crippen molar-refractivity contribution in [1.29, 1.82) is 0 Å². The molecular weight excluding hydrogens is 364 g/mol. The first-order chi connectivity index (χ1) is 12.5. The monoisotopic (exact) mass is 382 g/mol. The van der Waals surface area contributed by atoms with Gasteiger partial charge in [-0.25, -0.2) is 13.6 Å². The molecule has 2 aliphatic rings. The fraction of sp³-hybridized carbons (Fsp3) is 0.200. The Labute approximate surface area is 156 Å². The smallest absolute Gasteiger partial charge is 0.238 e. The number of fused-ring (bicyclic) bond motifs is 4. The van der Waals surface area contributed by atoms with Gasteiger partial charge >= 0.3 is 0 Å². The lowest BCUT2D eigenvalue weighted by Crippen LogP contribution is -2.29. The van der Waals surface area contributed by atoms with Crippen molar-refractivity contribution in [2.45, 2.75) is 23.3 Å². The van der Waals surface area contributed by atoms with Crippen LogP contribution in [0.4, 0.5) is 5.69 Å². The number of nitrogens with one attached hydrogen (secondary N) is 1. The van der Waals surface area contributed by atoms with Gasteiger partial charge in [0.25, 0.3) is 0 Å². The summed E-state index contributed by atoms with van der Waals surface area (Å²) in [5.74, 6) is 0.574. The summed E-state index contributed by atoms with van der Waals surface area (Å²) in [7, 11) is -3.70. The number of benzene rings is 2. The number of hydrogen-bond acceptors (Lipinski definition) is 4. The second kappa shape index (κ2) is 5.67. The van der Waals surface area contributed by atoms with Crippen LogP contribution >= 0.6 is 11.3 Å². The molecule has 3 unspecified atom stereocenters. The summed E-state index contributed by atoms with van der Waals surface area (Å²) in [5, 5.41) is 12.4. The van der Waals surface area contributed by atoms with E-state index in [4.69, 9.17) is 5.14 Å². The minimum absolute atomic E-state index is 0.176. The van der Waals surface area contributed by atoms with Gasteiger partial charge in [-0.05, 0) is 70.6 Å². The van der Waals surface area contributed by atoms with E-state index in [2.05, 4.69) is 47.1 Å². The Kier molecular flexibility index (Phi) is 3.50. The summed E-state index contributed by atoms with van der Waals surface area (Å²) in [6.07, 6.45) is 5.38. The third-order valence-corrected chi connectivity index (χ3v) is 7.31. The lowest BCUT2D eigenvalue weighted by Gasteiger charge is -2.37. The van der Waals surface area contributed by atoms with E-state index in [-0.39, 0.29) is 16.9 Å². The molecule has 132 valence electrons. The largest absolute Gasteiger partial charge is 0.378 e. The first-order valence-electron chi connectivity index (χ1n) is 8.58. The van der Waals surface area contributed by atoms with Crippen LogP contribution in [-0.4, -0.2) is 8.42 Å². The maximum absolute atomic E-state index is 11.7. The van der Waals surface area contributed by atoms with Gasteiger partial charge in [0.2, 0.25) is 10.0 Å². The van der Waals surface area contributed by atoms with Gasteiger partial charge in [0.05, 0.1) is 10.9 Å². The van der Waals surface area contributed by atoms with Gasteiger partial charge < -0.3 is 5.32 Å². The number of anilines is 1. The van der Waals surface area contributed by atoms with Crippen molar-refractivity contribution in [1.82, 2.24) is 0 Å². The molecule has 26 heavy (non-hydrogen) atoms. The molecule has 1 aliphatic carbocycles. The number of allylic oxidation sites excluding steroid dienone is 2. The summed E-state index contributed by atoms with van der Waals surface area (Å²) in [6, 6.07) is 14.2. The molecule has 1 aliphatic heterocycles. The molecule has 3 aromatic rings.